The fourth-order valence-corrected chi connectivity index (χ4v) is 5.33. The van der Waals surface area contributed by atoms with Crippen molar-refractivity contribution in [2.45, 2.75) is 43.0 Å². The highest BCUT2D eigenvalue weighted by Gasteiger charge is 2.25. The van der Waals surface area contributed by atoms with Gasteiger partial charge in [-0.3, -0.25) is 0 Å². The van der Waals surface area contributed by atoms with Crippen molar-refractivity contribution < 1.29 is 0 Å². The summed E-state index contributed by atoms with van der Waals surface area (Å²) >= 11 is 3.76. The lowest BCUT2D eigenvalue weighted by Gasteiger charge is -2.19. The largest absolute Gasteiger partial charge is 0.314 e. The van der Waals surface area contributed by atoms with Crippen LogP contribution >= 0.6 is 23.1 Å². The molecular formula is C16H22N2S2. The van der Waals surface area contributed by atoms with E-state index in [9.17, 15) is 0 Å². The Morgan fingerprint density at radius 1 is 1.35 bits per heavy atom. The van der Waals surface area contributed by atoms with E-state index in [1.807, 2.05) is 23.1 Å². The second-order valence-corrected chi connectivity index (χ2v) is 7.81. The number of aromatic nitrogens is 1. The summed E-state index contributed by atoms with van der Waals surface area (Å²) < 4.78 is 2.53. The zero-order valence-corrected chi connectivity index (χ0v) is 13.6. The molecule has 1 heterocycles. The monoisotopic (exact) mass is 306 g/mol. The third kappa shape index (κ3) is 3.35. The molecule has 0 radical (unpaired) electrons. The molecule has 0 amide bonds. The highest BCUT2D eigenvalue weighted by atomic mass is 32.2. The van der Waals surface area contributed by atoms with Crippen LogP contribution in [0.2, 0.25) is 0 Å². The molecule has 2 aromatic rings. The van der Waals surface area contributed by atoms with E-state index in [1.54, 1.807) is 0 Å². The van der Waals surface area contributed by atoms with Gasteiger partial charge >= 0.3 is 0 Å². The number of rotatable bonds is 6. The van der Waals surface area contributed by atoms with Crippen molar-refractivity contribution >= 4 is 33.3 Å². The molecule has 0 aliphatic heterocycles. The third-order valence-electron chi connectivity index (χ3n) is 4.11. The van der Waals surface area contributed by atoms with E-state index in [2.05, 4.69) is 36.5 Å². The van der Waals surface area contributed by atoms with Gasteiger partial charge in [-0.05, 0) is 43.9 Å². The van der Waals surface area contributed by atoms with Crippen LogP contribution in [0, 0.1) is 5.92 Å². The summed E-state index contributed by atoms with van der Waals surface area (Å²) in [5.74, 6) is 2.07. The minimum atomic E-state index is 0.760. The second-order valence-electron chi connectivity index (χ2n) is 5.44. The minimum Gasteiger partial charge on any atom is -0.314 e. The first-order valence-electron chi connectivity index (χ1n) is 7.58. The Morgan fingerprint density at radius 3 is 3.10 bits per heavy atom. The molecule has 0 saturated heterocycles. The van der Waals surface area contributed by atoms with Gasteiger partial charge in [0, 0.05) is 11.8 Å². The van der Waals surface area contributed by atoms with Crippen LogP contribution in [-0.2, 0) is 0 Å². The first-order valence-corrected chi connectivity index (χ1v) is 9.39. The normalized spacial score (nSPS) is 22.6. The standard InChI is InChI=1S/C16H22N2S2/c1-2-17-13-8-5-6-12(13)10-11-19-16-18-14-7-3-4-9-15(14)20-16/h3-4,7,9,12-13,17H,2,5-6,8,10-11H2,1H3. The Hall–Kier alpha value is -0.580. The molecule has 108 valence electrons. The summed E-state index contributed by atoms with van der Waals surface area (Å²) in [5, 5.41) is 3.64. The fraction of sp³-hybridized carbons (Fsp3) is 0.562. The maximum absolute atomic E-state index is 4.70. The van der Waals surface area contributed by atoms with Crippen molar-refractivity contribution in [2.75, 3.05) is 12.3 Å². The molecule has 2 nitrogen and oxygen atoms in total. The Labute approximate surface area is 129 Å². The van der Waals surface area contributed by atoms with E-state index >= 15 is 0 Å². The zero-order chi connectivity index (χ0) is 13.8. The summed E-state index contributed by atoms with van der Waals surface area (Å²) in [5.41, 5.74) is 1.14. The van der Waals surface area contributed by atoms with E-state index in [-0.39, 0.29) is 0 Å². The van der Waals surface area contributed by atoms with Crippen molar-refractivity contribution in [3.8, 4) is 0 Å². The van der Waals surface area contributed by atoms with Gasteiger partial charge in [0.15, 0.2) is 4.34 Å². The smallest absolute Gasteiger partial charge is 0.151 e. The fourth-order valence-electron chi connectivity index (χ4n) is 3.12. The van der Waals surface area contributed by atoms with Crippen molar-refractivity contribution in [1.82, 2.24) is 10.3 Å². The van der Waals surface area contributed by atoms with Crippen LogP contribution in [0.5, 0.6) is 0 Å². The molecule has 1 aliphatic rings. The topological polar surface area (TPSA) is 24.9 Å². The lowest BCUT2D eigenvalue weighted by molar-refractivity contribution is 0.400. The maximum atomic E-state index is 4.70. The number of hydrogen-bond donors (Lipinski definition) is 1. The number of hydrogen-bond acceptors (Lipinski definition) is 4. The van der Waals surface area contributed by atoms with Gasteiger partial charge in [0.25, 0.3) is 0 Å². The molecule has 1 N–H and O–H groups in total. The number of thioether (sulfide) groups is 1. The van der Waals surface area contributed by atoms with Crippen LogP contribution in [-0.4, -0.2) is 23.3 Å². The van der Waals surface area contributed by atoms with Gasteiger partial charge in [0.2, 0.25) is 0 Å². The molecule has 1 aliphatic carbocycles. The Bertz CT molecular complexity index is 519. The summed E-state index contributed by atoms with van der Waals surface area (Å²) in [4.78, 5) is 4.70. The number of nitrogens with one attached hydrogen (secondary N) is 1. The Morgan fingerprint density at radius 2 is 2.25 bits per heavy atom. The summed E-state index contributed by atoms with van der Waals surface area (Å²) in [6.45, 7) is 3.32. The van der Waals surface area contributed by atoms with Crippen molar-refractivity contribution in [3.05, 3.63) is 24.3 Å². The molecular weight excluding hydrogens is 284 g/mol. The first-order chi connectivity index (χ1) is 9.86. The van der Waals surface area contributed by atoms with E-state index in [0.717, 1.165) is 24.0 Å². The molecule has 0 spiro atoms. The second kappa shape index (κ2) is 6.92. The van der Waals surface area contributed by atoms with E-state index in [4.69, 9.17) is 4.98 Å². The average molecular weight is 307 g/mol. The molecule has 1 aromatic carbocycles. The summed E-state index contributed by atoms with van der Waals surface area (Å²) in [6, 6.07) is 9.18. The number of fused-ring (bicyclic) bond motifs is 1. The number of nitrogens with zero attached hydrogens (tertiary/aromatic N) is 1. The summed E-state index contributed by atoms with van der Waals surface area (Å²) in [6.07, 6.45) is 5.48. The predicted octanol–water partition coefficient (Wildman–Crippen LogP) is 4.56. The van der Waals surface area contributed by atoms with Crippen LogP contribution in [0.4, 0.5) is 0 Å². The molecule has 1 aromatic heterocycles. The average Bonchev–Trinajstić information content (AvgIpc) is 3.06. The zero-order valence-electron chi connectivity index (χ0n) is 12.0. The molecule has 1 fully saturated rings. The lowest BCUT2D eigenvalue weighted by Crippen LogP contribution is -2.32. The maximum Gasteiger partial charge on any atom is 0.151 e. The van der Waals surface area contributed by atoms with Gasteiger partial charge in [-0.25, -0.2) is 4.98 Å². The van der Waals surface area contributed by atoms with Crippen LogP contribution in [0.15, 0.2) is 28.6 Å². The molecule has 2 unspecified atom stereocenters. The van der Waals surface area contributed by atoms with E-state index in [1.165, 1.54) is 40.5 Å². The number of thiazole rings is 1. The molecule has 1 saturated carbocycles. The van der Waals surface area contributed by atoms with Gasteiger partial charge in [0.05, 0.1) is 10.2 Å². The van der Waals surface area contributed by atoms with Gasteiger partial charge in [-0.2, -0.15) is 0 Å². The lowest BCUT2D eigenvalue weighted by atomic mass is 10.0. The predicted molar refractivity (Wildman–Crippen MR) is 89.8 cm³/mol. The molecule has 4 heteroatoms. The highest BCUT2D eigenvalue weighted by Crippen LogP contribution is 2.33. The van der Waals surface area contributed by atoms with Crippen LogP contribution in [0.25, 0.3) is 10.2 Å². The molecule has 0 bridgehead atoms. The molecule has 3 rings (SSSR count). The first kappa shape index (κ1) is 14.4. The van der Waals surface area contributed by atoms with Crippen molar-refractivity contribution in [2.24, 2.45) is 5.92 Å². The van der Waals surface area contributed by atoms with Gasteiger partial charge in [-0.15, -0.1) is 11.3 Å². The Balaban J connectivity index is 1.52. The third-order valence-corrected chi connectivity index (χ3v) is 6.33. The van der Waals surface area contributed by atoms with Gasteiger partial charge < -0.3 is 5.32 Å². The number of para-hydroxylation sites is 1. The highest BCUT2D eigenvalue weighted by molar-refractivity contribution is 8.01. The van der Waals surface area contributed by atoms with Crippen LogP contribution in [0.3, 0.4) is 0 Å². The molecule has 20 heavy (non-hydrogen) atoms. The van der Waals surface area contributed by atoms with Gasteiger partial charge in [0.1, 0.15) is 0 Å². The minimum absolute atomic E-state index is 0.760. The van der Waals surface area contributed by atoms with Gasteiger partial charge in [-0.1, -0.05) is 37.2 Å². The molecule has 2 atom stereocenters. The summed E-state index contributed by atoms with van der Waals surface area (Å²) in [7, 11) is 0. The number of benzene rings is 1. The van der Waals surface area contributed by atoms with E-state index in [0.29, 0.717) is 0 Å². The van der Waals surface area contributed by atoms with E-state index < -0.39 is 0 Å². The quantitative estimate of drug-likeness (QED) is 0.792. The SMILES string of the molecule is CCNC1CCCC1CCSc1nc2ccccc2s1. The van der Waals surface area contributed by atoms with Crippen molar-refractivity contribution in [3.63, 3.8) is 0 Å². The van der Waals surface area contributed by atoms with Crippen molar-refractivity contribution in [1.29, 1.82) is 0 Å². The van der Waals surface area contributed by atoms with Crippen LogP contribution in [0.1, 0.15) is 32.6 Å². The Kier molecular flexibility index (Phi) is 4.97. The van der Waals surface area contributed by atoms with Crippen LogP contribution < -0.4 is 5.32 Å².